The molecule has 1 unspecified atom stereocenters. The van der Waals surface area contributed by atoms with E-state index in [4.69, 9.17) is 0 Å². The van der Waals surface area contributed by atoms with Crippen molar-refractivity contribution in [1.82, 2.24) is 15.1 Å². The molecule has 0 aliphatic carbocycles. The molecule has 1 N–H and O–H groups in total. The fourth-order valence-corrected chi connectivity index (χ4v) is 2.11. The number of hydrogen-bond donors (Lipinski definition) is 1. The van der Waals surface area contributed by atoms with Crippen LogP contribution in [-0.4, -0.2) is 23.4 Å². The summed E-state index contributed by atoms with van der Waals surface area (Å²) in [5, 5.41) is 7.30. The summed E-state index contributed by atoms with van der Waals surface area (Å²) < 4.78 is 30.6. The molecule has 20 heavy (non-hydrogen) atoms. The zero-order chi connectivity index (χ0) is 14.5. The van der Waals surface area contributed by atoms with Crippen LogP contribution >= 0.6 is 0 Å². The lowest BCUT2D eigenvalue weighted by molar-refractivity contribution is -0.0499. The quantitative estimate of drug-likeness (QED) is 0.884. The van der Waals surface area contributed by atoms with Gasteiger partial charge in [0.25, 0.3) is 0 Å². The number of halogens is 2. The number of likely N-dealkylation sites (N-methyl/N-ethyl adjacent to an activating group) is 1. The molecule has 6 heteroatoms. The van der Waals surface area contributed by atoms with Crippen molar-refractivity contribution in [2.45, 2.75) is 19.1 Å². The van der Waals surface area contributed by atoms with E-state index in [0.29, 0.717) is 0 Å². The minimum absolute atomic E-state index is 0.0143. The maximum Gasteiger partial charge on any atom is 0.387 e. The molecule has 1 heterocycles. The van der Waals surface area contributed by atoms with Gasteiger partial charge in [0, 0.05) is 19.3 Å². The van der Waals surface area contributed by atoms with Crippen LogP contribution in [0.5, 0.6) is 5.75 Å². The number of rotatable bonds is 6. The maximum absolute atomic E-state index is 12.2. The highest BCUT2D eigenvalue weighted by Gasteiger charge is 2.13. The second-order valence-corrected chi connectivity index (χ2v) is 4.52. The number of benzene rings is 1. The third-order valence-corrected chi connectivity index (χ3v) is 3.03. The van der Waals surface area contributed by atoms with E-state index >= 15 is 0 Å². The Balaban J connectivity index is 2.14. The molecule has 108 valence electrons. The first kappa shape index (κ1) is 14.5. The Hall–Kier alpha value is -1.95. The molecular formula is C14H17F2N3O. The monoisotopic (exact) mass is 281 g/mol. The summed E-state index contributed by atoms with van der Waals surface area (Å²) in [7, 11) is 3.69. The Morgan fingerprint density at radius 3 is 2.80 bits per heavy atom. The maximum atomic E-state index is 12.2. The van der Waals surface area contributed by atoms with Gasteiger partial charge in [0.1, 0.15) is 5.75 Å². The van der Waals surface area contributed by atoms with Gasteiger partial charge in [0.15, 0.2) is 0 Å². The van der Waals surface area contributed by atoms with E-state index in [1.165, 1.54) is 6.07 Å². The van der Waals surface area contributed by atoms with Crippen molar-refractivity contribution in [3.05, 3.63) is 47.8 Å². The molecule has 0 bridgehead atoms. The van der Waals surface area contributed by atoms with Gasteiger partial charge in [-0.3, -0.25) is 4.68 Å². The molecule has 0 saturated carbocycles. The molecule has 1 aromatic heterocycles. The SMILES string of the molecule is CNC(Cc1cnn(C)c1)c1cccc(OC(F)F)c1. The van der Waals surface area contributed by atoms with E-state index in [1.54, 1.807) is 23.0 Å². The molecule has 1 atom stereocenters. The standard InChI is InChI=1S/C14H17F2N3O/c1-17-13(6-10-8-18-19(2)9-10)11-4-3-5-12(7-11)20-14(15)16/h3-5,7-9,13-14,17H,6H2,1-2H3. The largest absolute Gasteiger partial charge is 0.435 e. The smallest absolute Gasteiger partial charge is 0.387 e. The molecule has 0 saturated heterocycles. The minimum Gasteiger partial charge on any atom is -0.435 e. The van der Waals surface area contributed by atoms with Gasteiger partial charge < -0.3 is 10.1 Å². The van der Waals surface area contributed by atoms with E-state index in [0.717, 1.165) is 17.5 Å². The average Bonchev–Trinajstić information content (AvgIpc) is 2.81. The fourth-order valence-electron chi connectivity index (χ4n) is 2.11. The van der Waals surface area contributed by atoms with Crippen LogP contribution in [-0.2, 0) is 13.5 Å². The summed E-state index contributed by atoms with van der Waals surface area (Å²) in [5.74, 6) is 0.170. The molecule has 2 aromatic rings. The number of ether oxygens (including phenoxy) is 1. The number of aryl methyl sites for hydroxylation is 1. The normalized spacial score (nSPS) is 12.7. The van der Waals surface area contributed by atoms with Gasteiger partial charge in [-0.1, -0.05) is 12.1 Å². The van der Waals surface area contributed by atoms with Crippen molar-refractivity contribution in [2.75, 3.05) is 7.05 Å². The van der Waals surface area contributed by atoms with Crippen LogP contribution in [0.25, 0.3) is 0 Å². The number of aromatic nitrogens is 2. The van der Waals surface area contributed by atoms with Crippen LogP contribution in [0.3, 0.4) is 0 Å². The Morgan fingerprint density at radius 2 is 2.20 bits per heavy atom. The average molecular weight is 281 g/mol. The first-order valence-corrected chi connectivity index (χ1v) is 6.28. The highest BCUT2D eigenvalue weighted by molar-refractivity contribution is 5.31. The van der Waals surface area contributed by atoms with Gasteiger partial charge in [-0.2, -0.15) is 13.9 Å². The van der Waals surface area contributed by atoms with Gasteiger partial charge in [0.2, 0.25) is 0 Å². The fraction of sp³-hybridized carbons (Fsp3) is 0.357. The summed E-state index contributed by atoms with van der Waals surface area (Å²) in [6, 6.07) is 6.76. The molecule has 0 spiro atoms. The Bertz CT molecular complexity index is 557. The Morgan fingerprint density at radius 1 is 1.40 bits per heavy atom. The van der Waals surface area contributed by atoms with Crippen LogP contribution in [0.4, 0.5) is 8.78 Å². The summed E-state index contributed by atoms with van der Waals surface area (Å²) in [6.45, 7) is -2.81. The van der Waals surface area contributed by atoms with Crippen LogP contribution in [0, 0.1) is 0 Å². The van der Waals surface area contributed by atoms with Crippen molar-refractivity contribution in [3.63, 3.8) is 0 Å². The predicted molar refractivity (Wildman–Crippen MR) is 71.8 cm³/mol. The van der Waals surface area contributed by atoms with Crippen LogP contribution < -0.4 is 10.1 Å². The first-order valence-electron chi connectivity index (χ1n) is 6.28. The van der Waals surface area contributed by atoms with E-state index in [1.807, 2.05) is 26.4 Å². The lowest BCUT2D eigenvalue weighted by Gasteiger charge is -2.17. The second kappa shape index (κ2) is 6.47. The van der Waals surface area contributed by atoms with Crippen molar-refractivity contribution in [2.24, 2.45) is 7.05 Å². The second-order valence-electron chi connectivity index (χ2n) is 4.52. The Labute approximate surface area is 116 Å². The predicted octanol–water partition coefficient (Wildman–Crippen LogP) is 2.52. The number of hydrogen-bond acceptors (Lipinski definition) is 3. The third-order valence-electron chi connectivity index (χ3n) is 3.03. The molecule has 0 aliphatic heterocycles. The van der Waals surface area contributed by atoms with Crippen LogP contribution in [0.2, 0.25) is 0 Å². The molecule has 4 nitrogen and oxygen atoms in total. The molecule has 0 aliphatic rings. The van der Waals surface area contributed by atoms with E-state index in [-0.39, 0.29) is 11.8 Å². The van der Waals surface area contributed by atoms with Crippen molar-refractivity contribution in [3.8, 4) is 5.75 Å². The lowest BCUT2D eigenvalue weighted by atomic mass is 10.0. The first-order chi connectivity index (χ1) is 9.58. The Kier molecular flexibility index (Phi) is 4.68. The topological polar surface area (TPSA) is 39.1 Å². The highest BCUT2D eigenvalue weighted by atomic mass is 19.3. The van der Waals surface area contributed by atoms with Gasteiger partial charge >= 0.3 is 6.61 Å². The van der Waals surface area contributed by atoms with Crippen molar-refractivity contribution in [1.29, 1.82) is 0 Å². The van der Waals surface area contributed by atoms with Crippen LogP contribution in [0.1, 0.15) is 17.2 Å². The van der Waals surface area contributed by atoms with Crippen molar-refractivity contribution < 1.29 is 13.5 Å². The van der Waals surface area contributed by atoms with E-state index in [2.05, 4.69) is 15.2 Å². The van der Waals surface area contributed by atoms with Gasteiger partial charge in [-0.15, -0.1) is 0 Å². The molecule has 2 rings (SSSR count). The summed E-state index contributed by atoms with van der Waals surface area (Å²) in [6.07, 6.45) is 4.45. The highest BCUT2D eigenvalue weighted by Crippen LogP contribution is 2.23. The molecule has 1 aromatic carbocycles. The van der Waals surface area contributed by atoms with Gasteiger partial charge in [-0.25, -0.2) is 0 Å². The van der Waals surface area contributed by atoms with Crippen molar-refractivity contribution >= 4 is 0 Å². The zero-order valence-corrected chi connectivity index (χ0v) is 11.4. The van der Waals surface area contributed by atoms with E-state index < -0.39 is 6.61 Å². The van der Waals surface area contributed by atoms with Gasteiger partial charge in [-0.05, 0) is 36.7 Å². The summed E-state index contributed by atoms with van der Waals surface area (Å²) in [5.41, 5.74) is 1.97. The summed E-state index contributed by atoms with van der Waals surface area (Å²) in [4.78, 5) is 0. The number of alkyl halides is 2. The third kappa shape index (κ3) is 3.77. The molecule has 0 fully saturated rings. The minimum atomic E-state index is -2.81. The number of nitrogens with zero attached hydrogens (tertiary/aromatic N) is 2. The molecule has 0 amide bonds. The van der Waals surface area contributed by atoms with Crippen LogP contribution in [0.15, 0.2) is 36.7 Å². The lowest BCUT2D eigenvalue weighted by Crippen LogP contribution is -2.18. The number of nitrogens with one attached hydrogen (secondary N) is 1. The zero-order valence-electron chi connectivity index (χ0n) is 11.4. The van der Waals surface area contributed by atoms with E-state index in [9.17, 15) is 8.78 Å². The molecular weight excluding hydrogens is 264 g/mol. The summed E-state index contributed by atoms with van der Waals surface area (Å²) >= 11 is 0. The van der Waals surface area contributed by atoms with Gasteiger partial charge in [0.05, 0.1) is 6.20 Å². The molecule has 0 radical (unpaired) electrons.